The third-order valence-electron chi connectivity index (χ3n) is 2.99. The number of benzene rings is 1. The third kappa shape index (κ3) is 6.90. The average Bonchev–Trinajstić information content (AvgIpc) is 2.34. The Bertz CT molecular complexity index is 384. The van der Waals surface area contributed by atoms with Crippen LogP contribution in [0.1, 0.15) is 32.8 Å². The van der Waals surface area contributed by atoms with Gasteiger partial charge in [0.2, 0.25) is 0 Å². The van der Waals surface area contributed by atoms with Gasteiger partial charge in [0.05, 0.1) is 6.10 Å². The van der Waals surface area contributed by atoms with Crippen molar-refractivity contribution in [2.45, 2.75) is 39.3 Å². The summed E-state index contributed by atoms with van der Waals surface area (Å²) in [5, 5.41) is 9.47. The van der Waals surface area contributed by atoms with E-state index >= 15 is 0 Å². The van der Waals surface area contributed by atoms with Crippen molar-refractivity contribution in [3.8, 4) is 0 Å². The highest BCUT2D eigenvalue weighted by Crippen LogP contribution is 2.12. The molecule has 3 heteroatoms. The van der Waals surface area contributed by atoms with Crippen molar-refractivity contribution >= 4 is 22.0 Å². The van der Waals surface area contributed by atoms with Crippen LogP contribution in [0.2, 0.25) is 0 Å². The van der Waals surface area contributed by atoms with Crippen LogP contribution in [0.25, 0.3) is 6.08 Å². The third-order valence-corrected chi connectivity index (χ3v) is 3.52. The first-order chi connectivity index (χ1) is 8.99. The van der Waals surface area contributed by atoms with Gasteiger partial charge in [-0.1, -0.05) is 40.2 Å². The molecule has 0 aromatic heterocycles. The number of rotatable bonds is 7. The van der Waals surface area contributed by atoms with Crippen molar-refractivity contribution in [2.24, 2.45) is 0 Å². The summed E-state index contributed by atoms with van der Waals surface area (Å²) in [4.78, 5) is 2.30. The zero-order valence-corrected chi connectivity index (χ0v) is 13.6. The summed E-state index contributed by atoms with van der Waals surface area (Å²) < 4.78 is 1.10. The molecule has 0 saturated carbocycles. The minimum Gasteiger partial charge on any atom is -0.392 e. The van der Waals surface area contributed by atoms with Crippen LogP contribution < -0.4 is 0 Å². The van der Waals surface area contributed by atoms with Crippen LogP contribution in [0, 0.1) is 0 Å². The second-order valence-corrected chi connectivity index (χ2v) is 6.10. The van der Waals surface area contributed by atoms with Crippen LogP contribution in [0.4, 0.5) is 0 Å². The van der Waals surface area contributed by atoms with Crippen molar-refractivity contribution in [1.82, 2.24) is 4.90 Å². The second-order valence-electron chi connectivity index (χ2n) is 5.18. The summed E-state index contributed by atoms with van der Waals surface area (Å²) in [5.41, 5.74) is 1.22. The molecule has 1 atom stereocenters. The fourth-order valence-corrected chi connectivity index (χ4v) is 2.20. The summed E-state index contributed by atoms with van der Waals surface area (Å²) in [6.45, 7) is 7.90. The van der Waals surface area contributed by atoms with E-state index in [4.69, 9.17) is 0 Å². The summed E-state index contributed by atoms with van der Waals surface area (Å²) in [7, 11) is 0. The molecular weight excluding hydrogens is 302 g/mol. The first-order valence-corrected chi connectivity index (χ1v) is 7.62. The fourth-order valence-electron chi connectivity index (χ4n) is 1.93. The zero-order chi connectivity index (χ0) is 14.3. The Labute approximate surface area is 125 Å². The summed E-state index contributed by atoms with van der Waals surface area (Å²) >= 11 is 3.43. The molecule has 1 aromatic carbocycles. The van der Waals surface area contributed by atoms with Crippen LogP contribution in [0.5, 0.6) is 0 Å². The molecule has 1 rings (SSSR count). The molecule has 0 saturated heterocycles. The Hall–Kier alpha value is -0.640. The Morgan fingerprint density at radius 1 is 1.21 bits per heavy atom. The molecule has 1 N–H and O–H groups in total. The van der Waals surface area contributed by atoms with E-state index in [0.29, 0.717) is 6.04 Å². The van der Waals surface area contributed by atoms with Gasteiger partial charge in [0.15, 0.2) is 0 Å². The van der Waals surface area contributed by atoms with Crippen LogP contribution in [0.15, 0.2) is 34.8 Å². The maximum atomic E-state index is 9.47. The summed E-state index contributed by atoms with van der Waals surface area (Å²) in [6.07, 6.45) is 5.08. The smallest absolute Gasteiger partial charge is 0.0639 e. The molecule has 1 aromatic rings. The minimum absolute atomic E-state index is 0.266. The number of hydrogen-bond donors (Lipinski definition) is 1. The van der Waals surface area contributed by atoms with Crippen molar-refractivity contribution in [3.05, 3.63) is 40.4 Å². The molecule has 0 fully saturated rings. The number of halogens is 1. The Morgan fingerprint density at radius 3 is 2.37 bits per heavy atom. The lowest BCUT2D eigenvalue weighted by molar-refractivity contribution is 0.109. The van der Waals surface area contributed by atoms with E-state index in [2.05, 4.69) is 59.0 Å². The van der Waals surface area contributed by atoms with Gasteiger partial charge in [0.1, 0.15) is 0 Å². The lowest BCUT2D eigenvalue weighted by atomic mass is 10.2. The Kier molecular flexibility index (Phi) is 7.36. The quantitative estimate of drug-likeness (QED) is 0.820. The molecule has 0 aliphatic carbocycles. The van der Waals surface area contributed by atoms with Crippen LogP contribution >= 0.6 is 15.9 Å². The SMILES string of the molecule is CC(O)CN(CC/C=C/c1ccc(Br)cc1)C(C)C. The molecule has 0 aliphatic heterocycles. The molecule has 106 valence electrons. The van der Waals surface area contributed by atoms with Gasteiger partial charge in [-0.15, -0.1) is 0 Å². The summed E-state index contributed by atoms with van der Waals surface area (Å²) in [5.74, 6) is 0. The molecule has 0 radical (unpaired) electrons. The van der Waals surface area contributed by atoms with E-state index < -0.39 is 0 Å². The van der Waals surface area contributed by atoms with Crippen molar-refractivity contribution in [2.75, 3.05) is 13.1 Å². The van der Waals surface area contributed by atoms with Gasteiger partial charge in [0, 0.05) is 23.6 Å². The largest absolute Gasteiger partial charge is 0.392 e. The van der Waals surface area contributed by atoms with E-state index in [1.165, 1.54) is 5.56 Å². The monoisotopic (exact) mass is 325 g/mol. The molecule has 0 bridgehead atoms. The van der Waals surface area contributed by atoms with E-state index in [1.54, 1.807) is 0 Å². The van der Waals surface area contributed by atoms with Crippen LogP contribution in [-0.2, 0) is 0 Å². The first-order valence-electron chi connectivity index (χ1n) is 6.83. The molecular formula is C16H24BrNO. The van der Waals surface area contributed by atoms with Gasteiger partial charge >= 0.3 is 0 Å². The fraction of sp³-hybridized carbons (Fsp3) is 0.500. The average molecular weight is 326 g/mol. The predicted molar refractivity (Wildman–Crippen MR) is 86.2 cm³/mol. The second kappa shape index (κ2) is 8.51. The van der Waals surface area contributed by atoms with Crippen LogP contribution in [-0.4, -0.2) is 35.2 Å². The lowest BCUT2D eigenvalue weighted by Crippen LogP contribution is -2.37. The Balaban J connectivity index is 2.41. The maximum absolute atomic E-state index is 9.47. The van der Waals surface area contributed by atoms with Crippen LogP contribution in [0.3, 0.4) is 0 Å². The van der Waals surface area contributed by atoms with E-state index in [9.17, 15) is 5.11 Å². The first kappa shape index (κ1) is 16.4. The zero-order valence-electron chi connectivity index (χ0n) is 12.0. The number of aliphatic hydroxyl groups excluding tert-OH is 1. The van der Waals surface area contributed by atoms with E-state index in [0.717, 1.165) is 24.0 Å². The van der Waals surface area contributed by atoms with Crippen molar-refractivity contribution < 1.29 is 5.11 Å². The van der Waals surface area contributed by atoms with E-state index in [-0.39, 0.29) is 6.10 Å². The van der Waals surface area contributed by atoms with Gasteiger partial charge in [-0.2, -0.15) is 0 Å². The van der Waals surface area contributed by atoms with Gasteiger partial charge in [-0.3, -0.25) is 4.90 Å². The highest BCUT2D eigenvalue weighted by molar-refractivity contribution is 9.10. The standard InChI is InChI=1S/C16H24BrNO/c1-13(2)18(12-14(3)19)11-5-4-6-15-7-9-16(17)10-8-15/h4,6-10,13-14,19H,5,11-12H2,1-3H3/b6-4+. The van der Waals surface area contributed by atoms with Gasteiger partial charge in [-0.05, 0) is 44.9 Å². The number of nitrogens with zero attached hydrogens (tertiary/aromatic N) is 1. The molecule has 0 amide bonds. The maximum Gasteiger partial charge on any atom is 0.0639 e. The van der Waals surface area contributed by atoms with Gasteiger partial charge in [0.25, 0.3) is 0 Å². The van der Waals surface area contributed by atoms with Gasteiger partial charge in [-0.25, -0.2) is 0 Å². The molecule has 19 heavy (non-hydrogen) atoms. The molecule has 1 unspecified atom stereocenters. The number of hydrogen-bond acceptors (Lipinski definition) is 2. The van der Waals surface area contributed by atoms with Crippen molar-refractivity contribution in [1.29, 1.82) is 0 Å². The lowest BCUT2D eigenvalue weighted by Gasteiger charge is -2.27. The van der Waals surface area contributed by atoms with E-state index in [1.807, 2.05) is 19.1 Å². The topological polar surface area (TPSA) is 23.5 Å². The molecule has 0 heterocycles. The Morgan fingerprint density at radius 2 is 1.84 bits per heavy atom. The summed E-state index contributed by atoms with van der Waals surface area (Å²) in [6, 6.07) is 8.75. The molecule has 2 nitrogen and oxygen atoms in total. The minimum atomic E-state index is -0.266. The normalized spacial score (nSPS) is 13.6. The number of aliphatic hydroxyl groups is 1. The highest BCUT2D eigenvalue weighted by atomic mass is 79.9. The highest BCUT2D eigenvalue weighted by Gasteiger charge is 2.10. The van der Waals surface area contributed by atoms with Gasteiger partial charge < -0.3 is 5.11 Å². The molecule has 0 aliphatic rings. The van der Waals surface area contributed by atoms with Crippen molar-refractivity contribution in [3.63, 3.8) is 0 Å². The molecule has 0 spiro atoms. The predicted octanol–water partition coefficient (Wildman–Crippen LogP) is 3.94.